The third-order valence-electron chi connectivity index (χ3n) is 2.62. The normalized spacial score (nSPS) is 12.7. The van der Waals surface area contributed by atoms with E-state index < -0.39 is 10.0 Å². The second-order valence-electron chi connectivity index (χ2n) is 4.18. The molecule has 1 atom stereocenters. The number of benzene rings is 1. The molecule has 104 valence electrons. The molecule has 0 radical (unpaired) electrons. The summed E-state index contributed by atoms with van der Waals surface area (Å²) in [7, 11) is -3.39. The molecule has 19 heavy (non-hydrogen) atoms. The van der Waals surface area contributed by atoms with Gasteiger partial charge in [-0.05, 0) is 30.7 Å². The Morgan fingerprint density at radius 3 is 2.37 bits per heavy atom. The van der Waals surface area contributed by atoms with Gasteiger partial charge in [0.2, 0.25) is 10.0 Å². The van der Waals surface area contributed by atoms with Crippen LogP contribution in [0.4, 0.5) is 5.69 Å². The predicted octanol–water partition coefficient (Wildman–Crippen LogP) is 2.20. The van der Waals surface area contributed by atoms with E-state index in [0.717, 1.165) is 18.5 Å². The minimum atomic E-state index is -3.39. The maximum absolute atomic E-state index is 11.8. The van der Waals surface area contributed by atoms with Crippen LogP contribution < -0.4 is 10.0 Å². The Hall–Kier alpha value is -1.51. The SMILES string of the molecule is C#CC(CCC)Nc1ccc(S(=O)(=O)NCC)cc1. The summed E-state index contributed by atoms with van der Waals surface area (Å²) in [6, 6.07) is 6.56. The first-order chi connectivity index (χ1) is 9.03. The van der Waals surface area contributed by atoms with Crippen molar-refractivity contribution in [1.29, 1.82) is 0 Å². The Morgan fingerprint density at radius 2 is 1.89 bits per heavy atom. The quantitative estimate of drug-likeness (QED) is 0.753. The third kappa shape index (κ3) is 4.58. The molecule has 0 aromatic heterocycles. The second-order valence-corrected chi connectivity index (χ2v) is 5.94. The summed E-state index contributed by atoms with van der Waals surface area (Å²) in [6.45, 7) is 4.19. The fraction of sp³-hybridized carbons (Fsp3) is 0.429. The van der Waals surface area contributed by atoms with Crippen molar-refractivity contribution in [3.8, 4) is 12.3 Å². The van der Waals surface area contributed by atoms with E-state index in [1.807, 2.05) is 0 Å². The topological polar surface area (TPSA) is 58.2 Å². The molecule has 1 unspecified atom stereocenters. The van der Waals surface area contributed by atoms with E-state index in [9.17, 15) is 8.42 Å². The van der Waals surface area contributed by atoms with E-state index in [1.54, 1.807) is 31.2 Å². The zero-order valence-electron chi connectivity index (χ0n) is 11.3. The van der Waals surface area contributed by atoms with Gasteiger partial charge in [-0.2, -0.15) is 0 Å². The molecule has 0 saturated carbocycles. The summed E-state index contributed by atoms with van der Waals surface area (Å²) < 4.78 is 26.0. The minimum Gasteiger partial charge on any atom is -0.372 e. The lowest BCUT2D eigenvalue weighted by molar-refractivity contribution is 0.584. The molecular formula is C14H20N2O2S. The molecule has 2 N–H and O–H groups in total. The standard InChI is InChI=1S/C14H20N2O2S/c1-4-7-12(5-2)16-13-8-10-14(11-9-13)19(17,18)15-6-3/h2,8-12,15-16H,4,6-7H2,1,3H3. The Labute approximate surface area is 115 Å². The smallest absolute Gasteiger partial charge is 0.240 e. The van der Waals surface area contributed by atoms with Crippen LogP contribution in [0.1, 0.15) is 26.7 Å². The molecule has 0 aliphatic carbocycles. The average Bonchev–Trinajstić information content (AvgIpc) is 2.39. The Kier molecular flexibility index (Phi) is 5.87. The minimum absolute atomic E-state index is 0.0266. The van der Waals surface area contributed by atoms with Gasteiger partial charge < -0.3 is 5.32 Å². The van der Waals surface area contributed by atoms with E-state index in [2.05, 4.69) is 22.9 Å². The lowest BCUT2D eigenvalue weighted by atomic mass is 10.1. The van der Waals surface area contributed by atoms with Crippen molar-refractivity contribution in [3.05, 3.63) is 24.3 Å². The van der Waals surface area contributed by atoms with Crippen LogP contribution in [0.3, 0.4) is 0 Å². The molecule has 1 rings (SSSR count). The fourth-order valence-corrected chi connectivity index (χ4v) is 2.73. The van der Waals surface area contributed by atoms with Crippen molar-refractivity contribution in [3.63, 3.8) is 0 Å². The molecule has 0 aliphatic rings. The van der Waals surface area contributed by atoms with Crippen LogP contribution in [-0.4, -0.2) is 21.0 Å². The average molecular weight is 280 g/mol. The number of hydrogen-bond acceptors (Lipinski definition) is 3. The van der Waals surface area contributed by atoms with E-state index in [1.165, 1.54) is 0 Å². The molecule has 0 fully saturated rings. The lowest BCUT2D eigenvalue weighted by Crippen LogP contribution is -2.23. The van der Waals surface area contributed by atoms with E-state index >= 15 is 0 Å². The molecule has 0 heterocycles. The maximum atomic E-state index is 11.8. The lowest BCUT2D eigenvalue weighted by Gasteiger charge is -2.13. The highest BCUT2D eigenvalue weighted by Gasteiger charge is 2.12. The second kappa shape index (κ2) is 7.17. The highest BCUT2D eigenvalue weighted by molar-refractivity contribution is 7.89. The molecule has 4 nitrogen and oxygen atoms in total. The molecule has 0 aliphatic heterocycles. The Bertz CT molecular complexity index is 530. The molecule has 1 aromatic rings. The van der Waals surface area contributed by atoms with Crippen molar-refractivity contribution < 1.29 is 8.42 Å². The van der Waals surface area contributed by atoms with Gasteiger partial charge in [0.15, 0.2) is 0 Å². The van der Waals surface area contributed by atoms with E-state index in [4.69, 9.17) is 6.42 Å². The summed E-state index contributed by atoms with van der Waals surface area (Å²) >= 11 is 0. The van der Waals surface area contributed by atoms with Gasteiger partial charge in [0.25, 0.3) is 0 Å². The highest BCUT2D eigenvalue weighted by Crippen LogP contribution is 2.15. The summed E-state index contributed by atoms with van der Waals surface area (Å²) in [5.41, 5.74) is 0.826. The first-order valence-corrected chi connectivity index (χ1v) is 7.84. The molecule has 0 amide bonds. The van der Waals surface area contributed by atoms with Crippen molar-refractivity contribution in [1.82, 2.24) is 4.72 Å². The van der Waals surface area contributed by atoms with Crippen LogP contribution in [0.2, 0.25) is 0 Å². The predicted molar refractivity (Wildman–Crippen MR) is 78.5 cm³/mol. The van der Waals surface area contributed by atoms with Gasteiger partial charge in [-0.1, -0.05) is 26.2 Å². The van der Waals surface area contributed by atoms with Crippen LogP contribution in [0, 0.1) is 12.3 Å². The van der Waals surface area contributed by atoms with Crippen molar-refractivity contribution in [2.45, 2.75) is 37.6 Å². The number of nitrogens with one attached hydrogen (secondary N) is 2. The number of anilines is 1. The summed E-state index contributed by atoms with van der Waals surface area (Å²) in [4.78, 5) is 0.257. The van der Waals surface area contributed by atoms with Crippen molar-refractivity contribution >= 4 is 15.7 Å². The van der Waals surface area contributed by atoms with Gasteiger partial charge in [0, 0.05) is 12.2 Å². The zero-order chi connectivity index (χ0) is 14.3. The summed E-state index contributed by atoms with van der Waals surface area (Å²) in [5.74, 6) is 2.67. The van der Waals surface area contributed by atoms with Crippen LogP contribution >= 0.6 is 0 Å². The summed E-state index contributed by atoms with van der Waals surface area (Å²) in [6.07, 6.45) is 7.30. The number of rotatable bonds is 7. The van der Waals surface area contributed by atoms with Gasteiger partial charge in [0.05, 0.1) is 10.9 Å². The number of hydrogen-bond donors (Lipinski definition) is 2. The van der Waals surface area contributed by atoms with Gasteiger partial charge in [-0.15, -0.1) is 6.42 Å². The van der Waals surface area contributed by atoms with Crippen LogP contribution in [0.25, 0.3) is 0 Å². The number of terminal acetylenes is 1. The molecule has 0 bridgehead atoms. The molecule has 0 saturated heterocycles. The van der Waals surface area contributed by atoms with Crippen LogP contribution in [0.5, 0.6) is 0 Å². The first-order valence-electron chi connectivity index (χ1n) is 6.35. The zero-order valence-corrected chi connectivity index (χ0v) is 12.1. The third-order valence-corrected chi connectivity index (χ3v) is 4.18. The van der Waals surface area contributed by atoms with Gasteiger partial charge in [0.1, 0.15) is 0 Å². The van der Waals surface area contributed by atoms with Gasteiger partial charge in [-0.25, -0.2) is 13.1 Å². The molecule has 5 heteroatoms. The fourth-order valence-electron chi connectivity index (χ4n) is 1.69. The molecule has 0 spiro atoms. The summed E-state index contributed by atoms with van der Waals surface area (Å²) in [5, 5.41) is 3.19. The molecular weight excluding hydrogens is 260 g/mol. The van der Waals surface area contributed by atoms with Gasteiger partial charge in [-0.3, -0.25) is 0 Å². The van der Waals surface area contributed by atoms with Crippen LogP contribution in [0.15, 0.2) is 29.2 Å². The van der Waals surface area contributed by atoms with E-state index in [0.29, 0.717) is 6.54 Å². The van der Waals surface area contributed by atoms with Crippen LogP contribution in [-0.2, 0) is 10.0 Å². The first kappa shape index (κ1) is 15.5. The van der Waals surface area contributed by atoms with Crippen molar-refractivity contribution in [2.75, 3.05) is 11.9 Å². The van der Waals surface area contributed by atoms with E-state index in [-0.39, 0.29) is 10.9 Å². The number of sulfonamides is 1. The molecule has 1 aromatic carbocycles. The maximum Gasteiger partial charge on any atom is 0.240 e. The highest BCUT2D eigenvalue weighted by atomic mass is 32.2. The van der Waals surface area contributed by atoms with Gasteiger partial charge >= 0.3 is 0 Å². The largest absolute Gasteiger partial charge is 0.372 e. The monoisotopic (exact) mass is 280 g/mol. The Balaban J connectivity index is 2.80. The van der Waals surface area contributed by atoms with Crippen molar-refractivity contribution in [2.24, 2.45) is 0 Å². The Morgan fingerprint density at radius 1 is 1.26 bits per heavy atom.